The molecular weight excluding hydrogens is 356 g/mol. The van der Waals surface area contributed by atoms with Crippen LogP contribution in [0, 0.1) is 0 Å². The van der Waals surface area contributed by atoms with Crippen LogP contribution < -0.4 is 5.32 Å². The molecule has 1 saturated heterocycles. The number of hydrogen-bond donors (Lipinski definition) is 1. The van der Waals surface area contributed by atoms with E-state index in [-0.39, 0.29) is 12.0 Å². The summed E-state index contributed by atoms with van der Waals surface area (Å²) < 4.78 is 5.81. The van der Waals surface area contributed by atoms with Crippen LogP contribution in [0.25, 0.3) is 0 Å². The Bertz CT molecular complexity index is 717. The Morgan fingerprint density at radius 1 is 1.19 bits per heavy atom. The number of amides is 1. The quantitative estimate of drug-likeness (QED) is 0.650. The minimum atomic E-state index is 0.0573. The van der Waals surface area contributed by atoms with E-state index in [9.17, 15) is 4.79 Å². The third kappa shape index (κ3) is 6.38. The molecule has 0 spiro atoms. The summed E-state index contributed by atoms with van der Waals surface area (Å²) in [6, 6.07) is 18.4. The zero-order chi connectivity index (χ0) is 18.9. The maximum Gasteiger partial charge on any atom is 0.225 e. The summed E-state index contributed by atoms with van der Waals surface area (Å²) in [5.41, 5.74) is 2.16. The molecule has 27 heavy (non-hydrogen) atoms. The van der Waals surface area contributed by atoms with Crippen LogP contribution in [0.2, 0.25) is 0 Å². The molecule has 0 radical (unpaired) electrons. The van der Waals surface area contributed by atoms with E-state index in [1.54, 1.807) is 11.8 Å². The van der Waals surface area contributed by atoms with Crippen molar-refractivity contribution in [2.75, 3.05) is 31.3 Å². The lowest BCUT2D eigenvalue weighted by Gasteiger charge is -2.25. The molecule has 1 heterocycles. The molecule has 1 aliphatic rings. The Balaban J connectivity index is 1.56. The standard InChI is InChI=1S/C22H28N2O2S/c1-27-21-12-6-5-11-20(21)23-22(25)13-14-24(17-19-10-7-15-26-19)16-18-8-3-2-4-9-18/h2-6,8-9,11-12,19H,7,10,13-17H2,1H3,(H,23,25). The smallest absolute Gasteiger partial charge is 0.225 e. The van der Waals surface area contributed by atoms with Gasteiger partial charge >= 0.3 is 0 Å². The minimum absolute atomic E-state index is 0.0573. The lowest BCUT2D eigenvalue weighted by Crippen LogP contribution is -2.34. The molecule has 1 N–H and O–H groups in total. The SMILES string of the molecule is CSc1ccccc1NC(=O)CCN(Cc1ccccc1)CC1CCCO1. The molecule has 3 rings (SSSR count). The fourth-order valence-electron chi connectivity index (χ4n) is 3.37. The zero-order valence-electron chi connectivity index (χ0n) is 15.9. The third-order valence-electron chi connectivity index (χ3n) is 4.77. The molecule has 2 aromatic rings. The number of benzene rings is 2. The summed E-state index contributed by atoms with van der Waals surface area (Å²) in [6.45, 7) is 3.30. The highest BCUT2D eigenvalue weighted by atomic mass is 32.2. The Hall–Kier alpha value is -1.82. The van der Waals surface area contributed by atoms with Crippen molar-refractivity contribution in [3.63, 3.8) is 0 Å². The van der Waals surface area contributed by atoms with E-state index in [4.69, 9.17) is 4.74 Å². The monoisotopic (exact) mass is 384 g/mol. The largest absolute Gasteiger partial charge is 0.377 e. The van der Waals surface area contributed by atoms with Crippen molar-refractivity contribution >= 4 is 23.4 Å². The third-order valence-corrected chi connectivity index (χ3v) is 5.57. The molecule has 1 aliphatic heterocycles. The van der Waals surface area contributed by atoms with Gasteiger partial charge in [0, 0.05) is 37.6 Å². The van der Waals surface area contributed by atoms with Crippen molar-refractivity contribution in [1.29, 1.82) is 0 Å². The van der Waals surface area contributed by atoms with Crippen LogP contribution >= 0.6 is 11.8 Å². The van der Waals surface area contributed by atoms with Crippen molar-refractivity contribution in [3.8, 4) is 0 Å². The fourth-order valence-corrected chi connectivity index (χ4v) is 3.93. The molecule has 4 nitrogen and oxygen atoms in total. The highest BCUT2D eigenvalue weighted by molar-refractivity contribution is 7.98. The Labute approximate surface area is 166 Å². The molecule has 0 aromatic heterocycles. The molecule has 0 aliphatic carbocycles. The van der Waals surface area contributed by atoms with E-state index in [2.05, 4.69) is 34.5 Å². The lowest BCUT2D eigenvalue weighted by atomic mass is 10.1. The molecule has 144 valence electrons. The number of rotatable bonds is 9. The summed E-state index contributed by atoms with van der Waals surface area (Å²) in [5.74, 6) is 0.0573. The molecule has 0 saturated carbocycles. The summed E-state index contributed by atoms with van der Waals surface area (Å²) in [5, 5.41) is 3.06. The average molecular weight is 385 g/mol. The number of para-hydroxylation sites is 1. The second kappa shape index (κ2) is 10.5. The van der Waals surface area contributed by atoms with Gasteiger partial charge in [0.25, 0.3) is 0 Å². The highest BCUT2D eigenvalue weighted by Crippen LogP contribution is 2.24. The number of nitrogens with one attached hydrogen (secondary N) is 1. The van der Waals surface area contributed by atoms with Crippen LogP contribution in [-0.2, 0) is 16.1 Å². The Morgan fingerprint density at radius 2 is 1.96 bits per heavy atom. The first kappa shape index (κ1) is 19.9. The van der Waals surface area contributed by atoms with Gasteiger partial charge in [-0.15, -0.1) is 11.8 Å². The summed E-state index contributed by atoms with van der Waals surface area (Å²) >= 11 is 1.64. The number of carbonyl (C=O) groups excluding carboxylic acids is 1. The second-order valence-corrected chi connectivity index (χ2v) is 7.70. The van der Waals surface area contributed by atoms with Gasteiger partial charge in [0.2, 0.25) is 5.91 Å². The van der Waals surface area contributed by atoms with Gasteiger partial charge in [0.15, 0.2) is 0 Å². The predicted octanol–water partition coefficient (Wildman–Crippen LogP) is 4.42. The van der Waals surface area contributed by atoms with Crippen LogP contribution in [0.1, 0.15) is 24.8 Å². The molecular formula is C22H28N2O2S. The first-order valence-electron chi connectivity index (χ1n) is 9.55. The Kier molecular flexibility index (Phi) is 7.75. The van der Waals surface area contributed by atoms with Gasteiger partial charge in [-0.1, -0.05) is 42.5 Å². The maximum atomic E-state index is 12.5. The van der Waals surface area contributed by atoms with Gasteiger partial charge < -0.3 is 10.1 Å². The van der Waals surface area contributed by atoms with Crippen LogP contribution in [0.5, 0.6) is 0 Å². The van der Waals surface area contributed by atoms with Crippen molar-refractivity contribution < 1.29 is 9.53 Å². The molecule has 1 amide bonds. The number of thioether (sulfide) groups is 1. The molecule has 2 aromatic carbocycles. The Morgan fingerprint density at radius 3 is 2.70 bits per heavy atom. The molecule has 1 atom stereocenters. The summed E-state index contributed by atoms with van der Waals surface area (Å²) in [7, 11) is 0. The molecule has 1 unspecified atom stereocenters. The number of ether oxygens (including phenoxy) is 1. The van der Waals surface area contributed by atoms with Crippen molar-refractivity contribution in [1.82, 2.24) is 4.90 Å². The predicted molar refractivity (Wildman–Crippen MR) is 112 cm³/mol. The van der Waals surface area contributed by atoms with Gasteiger partial charge in [0.1, 0.15) is 0 Å². The lowest BCUT2D eigenvalue weighted by molar-refractivity contribution is -0.116. The van der Waals surface area contributed by atoms with E-state index in [0.717, 1.165) is 49.7 Å². The van der Waals surface area contributed by atoms with Crippen LogP contribution in [0.3, 0.4) is 0 Å². The molecule has 0 bridgehead atoms. The minimum Gasteiger partial charge on any atom is -0.377 e. The van der Waals surface area contributed by atoms with Gasteiger partial charge in [0.05, 0.1) is 11.8 Å². The average Bonchev–Trinajstić information content (AvgIpc) is 3.20. The van der Waals surface area contributed by atoms with E-state index in [1.807, 2.05) is 36.6 Å². The van der Waals surface area contributed by atoms with Gasteiger partial charge in [-0.3, -0.25) is 9.69 Å². The first-order chi connectivity index (χ1) is 13.2. The van der Waals surface area contributed by atoms with E-state index in [0.29, 0.717) is 6.42 Å². The first-order valence-corrected chi connectivity index (χ1v) is 10.8. The van der Waals surface area contributed by atoms with Crippen LogP contribution in [-0.4, -0.2) is 42.9 Å². The van der Waals surface area contributed by atoms with Gasteiger partial charge in [-0.25, -0.2) is 0 Å². The maximum absolute atomic E-state index is 12.5. The van der Waals surface area contributed by atoms with Crippen molar-refractivity contribution in [3.05, 3.63) is 60.2 Å². The highest BCUT2D eigenvalue weighted by Gasteiger charge is 2.20. The van der Waals surface area contributed by atoms with Crippen molar-refractivity contribution in [2.24, 2.45) is 0 Å². The number of anilines is 1. The molecule has 5 heteroatoms. The number of carbonyl (C=O) groups is 1. The fraction of sp³-hybridized carbons (Fsp3) is 0.409. The molecule has 1 fully saturated rings. The number of hydrogen-bond acceptors (Lipinski definition) is 4. The zero-order valence-corrected chi connectivity index (χ0v) is 16.7. The topological polar surface area (TPSA) is 41.6 Å². The van der Waals surface area contributed by atoms with Gasteiger partial charge in [-0.05, 0) is 36.8 Å². The van der Waals surface area contributed by atoms with E-state index < -0.39 is 0 Å². The second-order valence-electron chi connectivity index (χ2n) is 6.85. The van der Waals surface area contributed by atoms with Crippen LogP contribution in [0.4, 0.5) is 5.69 Å². The summed E-state index contributed by atoms with van der Waals surface area (Å²) in [4.78, 5) is 15.9. The van der Waals surface area contributed by atoms with Crippen LogP contribution in [0.15, 0.2) is 59.5 Å². The normalized spacial score (nSPS) is 16.6. The summed E-state index contributed by atoms with van der Waals surface area (Å²) in [6.07, 6.45) is 5.03. The number of nitrogens with zero attached hydrogens (tertiary/aromatic N) is 1. The van der Waals surface area contributed by atoms with E-state index in [1.165, 1.54) is 5.56 Å². The van der Waals surface area contributed by atoms with Gasteiger partial charge in [-0.2, -0.15) is 0 Å². The van der Waals surface area contributed by atoms with Crippen molar-refractivity contribution in [2.45, 2.75) is 36.8 Å². The van der Waals surface area contributed by atoms with E-state index >= 15 is 0 Å².